The molecule has 2 saturated carbocycles. The van der Waals surface area contributed by atoms with Gasteiger partial charge < -0.3 is 0 Å². The first-order chi connectivity index (χ1) is 10.8. The smallest absolute Gasteiger partial charge is 0.0175 e. The number of rotatable bonds is 4. The van der Waals surface area contributed by atoms with E-state index >= 15 is 0 Å². The summed E-state index contributed by atoms with van der Waals surface area (Å²) in [5, 5.41) is 0. The third kappa shape index (κ3) is 4.16. The molecule has 0 spiro atoms. The molecule has 0 atom stereocenters. The Bertz CT molecular complexity index is 433. The van der Waals surface area contributed by atoms with Crippen LogP contribution < -0.4 is 0 Å². The number of hydrogen-bond acceptors (Lipinski definition) is 0. The predicted octanol–water partition coefficient (Wildman–Crippen LogP) is 7.33. The molecule has 0 N–H and O–H groups in total. The molecule has 1 aromatic carbocycles. The Morgan fingerprint density at radius 2 is 1.36 bits per heavy atom. The Hall–Kier alpha value is -0.300. The van der Waals surface area contributed by atoms with Gasteiger partial charge >= 0.3 is 0 Å². The second kappa shape index (κ2) is 7.99. The van der Waals surface area contributed by atoms with Gasteiger partial charge in [0.1, 0.15) is 0 Å². The van der Waals surface area contributed by atoms with Gasteiger partial charge in [0.2, 0.25) is 0 Å². The molecule has 0 unspecified atom stereocenters. The maximum absolute atomic E-state index is 3.55. The van der Waals surface area contributed by atoms with E-state index in [1.807, 2.05) is 0 Å². The molecule has 3 rings (SSSR count). The Morgan fingerprint density at radius 3 is 1.91 bits per heavy atom. The van der Waals surface area contributed by atoms with Crippen LogP contribution in [0.4, 0.5) is 0 Å². The van der Waals surface area contributed by atoms with Crippen LogP contribution in [0.3, 0.4) is 0 Å². The van der Waals surface area contributed by atoms with Crippen molar-refractivity contribution < 1.29 is 0 Å². The molecule has 2 fully saturated rings. The van der Waals surface area contributed by atoms with E-state index < -0.39 is 0 Å². The summed E-state index contributed by atoms with van der Waals surface area (Å²) in [6.07, 6.45) is 14.7. The first-order valence-electron chi connectivity index (χ1n) is 9.51. The van der Waals surface area contributed by atoms with E-state index in [4.69, 9.17) is 0 Å². The third-order valence-corrected chi connectivity index (χ3v) is 6.90. The van der Waals surface area contributed by atoms with Crippen molar-refractivity contribution in [3.8, 4) is 0 Å². The molecule has 2 aliphatic rings. The van der Waals surface area contributed by atoms with Crippen molar-refractivity contribution in [2.24, 2.45) is 17.8 Å². The molecule has 0 amide bonds. The summed E-state index contributed by atoms with van der Waals surface area (Å²) in [5.41, 5.74) is 1.56. The zero-order valence-corrected chi connectivity index (χ0v) is 15.7. The molecular formula is C21H31Br. The summed E-state index contributed by atoms with van der Waals surface area (Å²) in [5.74, 6) is 3.97. The van der Waals surface area contributed by atoms with Crippen molar-refractivity contribution in [3.63, 3.8) is 0 Å². The lowest BCUT2D eigenvalue weighted by molar-refractivity contribution is 0.156. The van der Waals surface area contributed by atoms with Crippen LogP contribution in [-0.2, 0) is 0 Å². The summed E-state index contributed by atoms with van der Waals surface area (Å²) in [4.78, 5) is 0. The summed E-state index contributed by atoms with van der Waals surface area (Å²) in [7, 11) is 0. The summed E-state index contributed by atoms with van der Waals surface area (Å²) < 4.78 is 1.20. The SMILES string of the molecule is CCC[C@H]1CC[C@H](C2CCC(c3ccc(Br)cc3)CC2)CC1. The van der Waals surface area contributed by atoms with Crippen molar-refractivity contribution in [1.82, 2.24) is 0 Å². The van der Waals surface area contributed by atoms with Gasteiger partial charge in [0.05, 0.1) is 0 Å². The van der Waals surface area contributed by atoms with Crippen LogP contribution in [0.5, 0.6) is 0 Å². The van der Waals surface area contributed by atoms with Crippen LogP contribution >= 0.6 is 15.9 Å². The second-order valence-electron chi connectivity index (χ2n) is 7.73. The minimum atomic E-state index is 0.820. The van der Waals surface area contributed by atoms with Gasteiger partial charge in [-0.15, -0.1) is 0 Å². The van der Waals surface area contributed by atoms with Crippen LogP contribution in [-0.4, -0.2) is 0 Å². The first-order valence-corrected chi connectivity index (χ1v) is 10.3. The molecule has 0 nitrogen and oxygen atoms in total. The highest BCUT2D eigenvalue weighted by atomic mass is 79.9. The molecular weight excluding hydrogens is 332 g/mol. The standard InChI is InChI=1S/C21H31Br/c1-2-3-16-4-6-17(7-5-16)18-8-10-19(11-9-18)20-12-14-21(22)15-13-20/h12-19H,2-11H2,1H3/t16-,17-,18?,19?. The van der Waals surface area contributed by atoms with Crippen molar-refractivity contribution >= 4 is 15.9 Å². The summed E-state index contributed by atoms with van der Waals surface area (Å²) >= 11 is 3.55. The molecule has 0 aliphatic heterocycles. The second-order valence-corrected chi connectivity index (χ2v) is 8.65. The monoisotopic (exact) mass is 362 g/mol. The fourth-order valence-electron chi connectivity index (χ4n) is 5.02. The fraction of sp³-hybridized carbons (Fsp3) is 0.714. The molecule has 1 heteroatoms. The maximum Gasteiger partial charge on any atom is 0.0175 e. The van der Waals surface area contributed by atoms with E-state index in [1.54, 1.807) is 5.56 Å². The highest BCUT2D eigenvalue weighted by Gasteiger charge is 2.30. The van der Waals surface area contributed by atoms with Gasteiger partial charge in [-0.1, -0.05) is 60.7 Å². The Labute approximate surface area is 145 Å². The van der Waals surface area contributed by atoms with Crippen molar-refractivity contribution in [2.75, 3.05) is 0 Å². The highest BCUT2D eigenvalue weighted by molar-refractivity contribution is 9.10. The molecule has 1 aromatic rings. The number of hydrogen-bond donors (Lipinski definition) is 0. The molecule has 122 valence electrons. The van der Waals surface area contributed by atoms with Crippen LogP contribution in [0.25, 0.3) is 0 Å². The zero-order valence-electron chi connectivity index (χ0n) is 14.1. The molecule has 0 heterocycles. The summed E-state index contributed by atoms with van der Waals surface area (Å²) in [6.45, 7) is 2.34. The van der Waals surface area contributed by atoms with Gasteiger partial charge in [-0.25, -0.2) is 0 Å². The highest BCUT2D eigenvalue weighted by Crippen LogP contribution is 2.44. The van der Waals surface area contributed by atoms with Crippen LogP contribution in [0.1, 0.15) is 82.6 Å². The lowest BCUT2D eigenvalue weighted by atomic mass is 9.68. The van der Waals surface area contributed by atoms with E-state index in [0.717, 1.165) is 23.7 Å². The van der Waals surface area contributed by atoms with E-state index in [2.05, 4.69) is 47.1 Å². The maximum atomic E-state index is 3.55. The van der Waals surface area contributed by atoms with Crippen molar-refractivity contribution in [1.29, 1.82) is 0 Å². The van der Waals surface area contributed by atoms with Gasteiger partial charge in [0, 0.05) is 4.47 Å². The summed E-state index contributed by atoms with van der Waals surface area (Å²) in [6, 6.07) is 9.06. The Balaban J connectivity index is 1.47. The lowest BCUT2D eigenvalue weighted by Crippen LogP contribution is -2.25. The molecule has 0 saturated heterocycles. The van der Waals surface area contributed by atoms with E-state index in [-0.39, 0.29) is 0 Å². The van der Waals surface area contributed by atoms with E-state index in [9.17, 15) is 0 Å². The average Bonchev–Trinajstić information content (AvgIpc) is 2.57. The molecule has 0 bridgehead atoms. The van der Waals surface area contributed by atoms with Gasteiger partial charge in [0.15, 0.2) is 0 Å². The van der Waals surface area contributed by atoms with Gasteiger partial charge in [-0.2, -0.15) is 0 Å². The third-order valence-electron chi connectivity index (χ3n) is 6.37. The fourth-order valence-corrected chi connectivity index (χ4v) is 5.28. The van der Waals surface area contributed by atoms with Crippen molar-refractivity contribution in [3.05, 3.63) is 34.3 Å². The Kier molecular flexibility index (Phi) is 6.02. The Morgan fingerprint density at radius 1 is 0.818 bits per heavy atom. The molecule has 0 aromatic heterocycles. The largest absolute Gasteiger partial charge is 0.0654 e. The van der Waals surface area contributed by atoms with Gasteiger partial charge in [-0.3, -0.25) is 0 Å². The van der Waals surface area contributed by atoms with Crippen LogP contribution in [0.2, 0.25) is 0 Å². The quantitative estimate of drug-likeness (QED) is 0.525. The molecule has 22 heavy (non-hydrogen) atoms. The first kappa shape index (κ1) is 16.6. The normalized spacial score (nSPS) is 32.8. The van der Waals surface area contributed by atoms with Crippen LogP contribution in [0, 0.1) is 17.8 Å². The lowest BCUT2D eigenvalue weighted by Gasteiger charge is -2.38. The zero-order chi connectivity index (χ0) is 15.4. The van der Waals surface area contributed by atoms with Crippen molar-refractivity contribution in [2.45, 2.75) is 77.0 Å². The van der Waals surface area contributed by atoms with Gasteiger partial charge in [-0.05, 0) is 79.9 Å². The number of benzene rings is 1. The topological polar surface area (TPSA) is 0 Å². The predicted molar refractivity (Wildman–Crippen MR) is 99.2 cm³/mol. The minimum Gasteiger partial charge on any atom is -0.0654 e. The van der Waals surface area contributed by atoms with Gasteiger partial charge in [0.25, 0.3) is 0 Å². The van der Waals surface area contributed by atoms with E-state index in [1.165, 1.54) is 68.7 Å². The molecule has 0 radical (unpaired) electrons. The average molecular weight is 363 g/mol. The van der Waals surface area contributed by atoms with Crippen LogP contribution in [0.15, 0.2) is 28.7 Å². The molecule has 2 aliphatic carbocycles. The van der Waals surface area contributed by atoms with E-state index in [0.29, 0.717) is 0 Å². The number of halogens is 1. The minimum absolute atomic E-state index is 0.820.